The summed E-state index contributed by atoms with van der Waals surface area (Å²) in [6.45, 7) is 0. The van der Waals surface area contributed by atoms with Gasteiger partial charge in [0.1, 0.15) is 0 Å². The van der Waals surface area contributed by atoms with Gasteiger partial charge in [-0.15, -0.1) is 0 Å². The molecule has 0 aliphatic rings. The number of rotatable bonds is 5. The molecule has 0 aliphatic heterocycles. The number of carboxylic acid groups (broad SMARTS) is 3. The number of hydrogen-bond donors (Lipinski definition) is 3. The Morgan fingerprint density at radius 2 is 0.850 bits per heavy atom. The Labute approximate surface area is 180 Å². The fourth-order valence-corrected chi connectivity index (χ4v) is 0.668. The number of aliphatic carboxylic acids is 3. The van der Waals surface area contributed by atoms with E-state index in [0.29, 0.717) is 0 Å². The fourth-order valence-electron chi connectivity index (χ4n) is 0.668. The predicted molar refractivity (Wildman–Crippen MR) is 75.1 cm³/mol. The van der Waals surface area contributed by atoms with E-state index in [0.717, 1.165) is 0 Å². The van der Waals surface area contributed by atoms with Crippen LogP contribution in [0.25, 0.3) is 0 Å². The normalized spacial score (nSPS) is 5.85. The van der Waals surface area contributed by atoms with Gasteiger partial charge in [-0.2, -0.15) is 0 Å². The molecule has 0 aromatic rings. The first kappa shape index (κ1) is 58.1. The molecule has 0 amide bonds. The molecule has 0 rings (SSSR count). The van der Waals surface area contributed by atoms with Crippen molar-refractivity contribution in [3.05, 3.63) is 0 Å². The van der Waals surface area contributed by atoms with E-state index in [4.69, 9.17) is 15.3 Å². The molecule has 114 valence electrons. The summed E-state index contributed by atoms with van der Waals surface area (Å²) in [6.07, 6.45) is -1.33. The van der Waals surface area contributed by atoms with Crippen LogP contribution in [0.5, 0.6) is 0 Å². The Morgan fingerprint density at radius 3 is 0.950 bits per heavy atom. The van der Waals surface area contributed by atoms with E-state index in [9.17, 15) is 14.4 Å². The first-order valence-corrected chi connectivity index (χ1v) is 3.10. The SMILES string of the molecule is O.O.O.O.O.O=C(O)CC(CC(=O)O)C(=O)O.[NaH].[NaH].[NaH]. The average molecular weight is 338 g/mol. The van der Waals surface area contributed by atoms with E-state index in [1.165, 1.54) is 0 Å². The van der Waals surface area contributed by atoms with Gasteiger partial charge in [0.15, 0.2) is 0 Å². The average Bonchev–Trinajstić information content (AvgIpc) is 1.83. The molecule has 20 heavy (non-hydrogen) atoms. The van der Waals surface area contributed by atoms with Gasteiger partial charge in [-0.1, -0.05) is 0 Å². The molecular weight excluding hydrogens is 317 g/mol. The van der Waals surface area contributed by atoms with Crippen LogP contribution in [0.3, 0.4) is 0 Å². The first-order valence-electron chi connectivity index (χ1n) is 3.10. The number of hydrogen-bond acceptors (Lipinski definition) is 3. The third kappa shape index (κ3) is 36.5. The summed E-state index contributed by atoms with van der Waals surface area (Å²) in [5.41, 5.74) is 0. The molecule has 11 nitrogen and oxygen atoms in total. The molecule has 0 spiro atoms. The summed E-state index contributed by atoms with van der Waals surface area (Å²) >= 11 is 0. The van der Waals surface area contributed by atoms with Gasteiger partial charge in [0.2, 0.25) is 0 Å². The van der Waals surface area contributed by atoms with Gasteiger partial charge in [0.25, 0.3) is 0 Å². The molecule has 0 aliphatic carbocycles. The van der Waals surface area contributed by atoms with Crippen LogP contribution in [0.1, 0.15) is 12.8 Å². The van der Waals surface area contributed by atoms with E-state index in [2.05, 4.69) is 0 Å². The van der Waals surface area contributed by atoms with Gasteiger partial charge in [-0.3, -0.25) is 14.4 Å². The van der Waals surface area contributed by atoms with Crippen molar-refractivity contribution in [2.45, 2.75) is 12.8 Å². The monoisotopic (exact) mass is 338 g/mol. The van der Waals surface area contributed by atoms with Crippen molar-refractivity contribution >= 4 is 107 Å². The zero-order chi connectivity index (χ0) is 9.72. The number of carboxylic acids is 3. The Bertz CT molecular complexity index is 208. The predicted octanol–water partition coefficient (Wildman–Crippen LogP) is -6.43. The van der Waals surface area contributed by atoms with Gasteiger partial charge >= 0.3 is 107 Å². The summed E-state index contributed by atoms with van der Waals surface area (Å²) in [4.78, 5) is 30.3. The summed E-state index contributed by atoms with van der Waals surface area (Å²) in [7, 11) is 0. The Hall–Kier alpha value is 1.21. The molecule has 0 aromatic heterocycles. The fraction of sp³-hybridized carbons (Fsp3) is 0.500. The molecule has 0 bridgehead atoms. The van der Waals surface area contributed by atoms with Crippen LogP contribution in [0.2, 0.25) is 0 Å². The van der Waals surface area contributed by atoms with Crippen molar-refractivity contribution in [1.29, 1.82) is 0 Å². The third-order valence-electron chi connectivity index (χ3n) is 1.19. The standard InChI is InChI=1S/C6H8O6.3Na.5H2O.3H/c7-4(8)1-3(6(11)12)2-5(9)10;;;;;;;;;;;/h3H,1-2H2,(H,7,8)(H,9,10)(H,11,12);;;;5*1H2;;;. The molecule has 0 fully saturated rings. The van der Waals surface area contributed by atoms with Crippen LogP contribution in [-0.2, 0) is 14.4 Å². The van der Waals surface area contributed by atoms with Crippen molar-refractivity contribution < 1.29 is 57.1 Å². The quantitative estimate of drug-likeness (QED) is 0.409. The summed E-state index contributed by atoms with van der Waals surface area (Å²) < 4.78 is 0. The van der Waals surface area contributed by atoms with Crippen LogP contribution in [-0.4, -0.2) is 149 Å². The van der Waals surface area contributed by atoms with Crippen LogP contribution >= 0.6 is 0 Å². The summed E-state index contributed by atoms with van der Waals surface area (Å²) in [6, 6.07) is 0. The van der Waals surface area contributed by atoms with Crippen LogP contribution in [0.4, 0.5) is 0 Å². The van der Waals surface area contributed by atoms with Crippen LogP contribution in [0.15, 0.2) is 0 Å². The molecule has 0 radical (unpaired) electrons. The van der Waals surface area contributed by atoms with Crippen molar-refractivity contribution in [1.82, 2.24) is 0 Å². The molecule has 0 aromatic carbocycles. The minimum absolute atomic E-state index is 0. The summed E-state index contributed by atoms with van der Waals surface area (Å²) in [5.74, 6) is -5.38. The second kappa shape index (κ2) is 32.2. The van der Waals surface area contributed by atoms with Crippen molar-refractivity contribution in [3.63, 3.8) is 0 Å². The van der Waals surface area contributed by atoms with Gasteiger partial charge < -0.3 is 42.7 Å². The van der Waals surface area contributed by atoms with Crippen LogP contribution < -0.4 is 0 Å². The first-order chi connectivity index (χ1) is 5.43. The van der Waals surface area contributed by atoms with Crippen molar-refractivity contribution in [2.75, 3.05) is 0 Å². The molecule has 0 unspecified atom stereocenters. The maximum absolute atomic E-state index is 10.2. The minimum atomic E-state index is -1.40. The molecule has 0 atom stereocenters. The van der Waals surface area contributed by atoms with Gasteiger partial charge in [0, 0.05) is 0 Å². The Morgan fingerprint density at radius 1 is 0.650 bits per heavy atom. The maximum atomic E-state index is 10.2. The zero-order valence-electron chi connectivity index (χ0n) is 8.56. The third-order valence-corrected chi connectivity index (χ3v) is 1.19. The van der Waals surface area contributed by atoms with Gasteiger partial charge in [0.05, 0.1) is 18.8 Å². The molecule has 0 saturated carbocycles. The Kier molecular flexibility index (Phi) is 93.7. The molecule has 0 saturated heterocycles. The number of carbonyl (C=O) groups is 3. The Balaban J connectivity index is -0.0000000216. The molecule has 13 N–H and O–H groups in total. The second-order valence-corrected chi connectivity index (χ2v) is 2.23. The van der Waals surface area contributed by atoms with E-state index >= 15 is 0 Å². The molecular formula is C6H21Na3O11. The van der Waals surface area contributed by atoms with E-state index in [1.807, 2.05) is 0 Å². The van der Waals surface area contributed by atoms with Gasteiger partial charge in [-0.05, 0) is 0 Å². The zero-order valence-corrected chi connectivity index (χ0v) is 8.56. The van der Waals surface area contributed by atoms with Crippen LogP contribution in [0, 0.1) is 5.92 Å². The van der Waals surface area contributed by atoms with Crippen molar-refractivity contribution in [2.24, 2.45) is 5.92 Å². The summed E-state index contributed by atoms with van der Waals surface area (Å²) in [5, 5.41) is 24.7. The van der Waals surface area contributed by atoms with Gasteiger partial charge in [-0.25, -0.2) is 0 Å². The second-order valence-electron chi connectivity index (χ2n) is 2.23. The topological polar surface area (TPSA) is 269 Å². The van der Waals surface area contributed by atoms with Crippen molar-refractivity contribution in [3.8, 4) is 0 Å². The molecule has 0 heterocycles. The van der Waals surface area contributed by atoms with E-state index < -0.39 is 36.7 Å². The molecule has 14 heteroatoms. The van der Waals surface area contributed by atoms with E-state index in [-0.39, 0.29) is 116 Å². The van der Waals surface area contributed by atoms with E-state index in [1.54, 1.807) is 0 Å².